The summed E-state index contributed by atoms with van der Waals surface area (Å²) in [5.41, 5.74) is 1.46. The molecule has 0 spiro atoms. The van der Waals surface area contributed by atoms with Gasteiger partial charge in [-0.2, -0.15) is 18.3 Å². The van der Waals surface area contributed by atoms with Crippen molar-refractivity contribution in [3.05, 3.63) is 46.0 Å². The molecule has 2 aliphatic heterocycles. The normalized spacial score (nSPS) is 18.3. The van der Waals surface area contributed by atoms with Crippen LogP contribution in [-0.4, -0.2) is 77.5 Å². The van der Waals surface area contributed by atoms with Crippen molar-refractivity contribution in [2.24, 2.45) is 0 Å². The fourth-order valence-corrected chi connectivity index (χ4v) is 5.62. The van der Waals surface area contributed by atoms with Crippen LogP contribution in [0.15, 0.2) is 18.2 Å². The van der Waals surface area contributed by atoms with Crippen LogP contribution in [0.3, 0.4) is 0 Å². The van der Waals surface area contributed by atoms with E-state index in [1.54, 1.807) is 0 Å². The molecule has 0 saturated carbocycles. The summed E-state index contributed by atoms with van der Waals surface area (Å²) in [5, 5.41) is 7.79. The average Bonchev–Trinajstić information content (AvgIpc) is 3.09. The van der Waals surface area contributed by atoms with E-state index in [1.807, 2.05) is 0 Å². The zero-order valence-corrected chi connectivity index (χ0v) is 21.0. The number of carbonyl (C=O) groups excluding carboxylic acids is 2. The summed E-state index contributed by atoms with van der Waals surface area (Å²) in [5.74, 6) is -3.95. The van der Waals surface area contributed by atoms with Crippen molar-refractivity contribution in [2.45, 2.75) is 38.2 Å². The van der Waals surface area contributed by atoms with Gasteiger partial charge in [0.2, 0.25) is 0 Å². The van der Waals surface area contributed by atoms with Gasteiger partial charge in [0.15, 0.2) is 9.84 Å². The van der Waals surface area contributed by atoms with Crippen molar-refractivity contribution in [2.75, 3.05) is 30.4 Å². The van der Waals surface area contributed by atoms with Gasteiger partial charge in [0.1, 0.15) is 23.4 Å². The summed E-state index contributed by atoms with van der Waals surface area (Å²) in [6, 6.07) is 3.22. The number of nitrogens with one attached hydrogen (secondary N) is 1. The predicted molar refractivity (Wildman–Crippen MR) is 123 cm³/mol. The van der Waals surface area contributed by atoms with E-state index in [1.165, 1.54) is 28.8 Å². The second kappa shape index (κ2) is 10.1. The maximum Gasteiger partial charge on any atom is 0.402 e. The molecule has 0 fully saturated rings. The number of rotatable bonds is 5. The van der Waals surface area contributed by atoms with Gasteiger partial charge in [0.25, 0.3) is 5.91 Å². The number of sulfone groups is 1. The Labute approximate surface area is 214 Å². The third-order valence-electron chi connectivity index (χ3n) is 5.87. The lowest BCUT2D eigenvalue weighted by Crippen LogP contribution is -2.39. The van der Waals surface area contributed by atoms with Gasteiger partial charge in [0.05, 0.1) is 29.6 Å². The molecule has 2 aliphatic rings. The molecule has 2 aromatic rings. The number of benzene rings is 1. The second-order valence-corrected chi connectivity index (χ2v) is 11.3. The molecule has 1 aromatic heterocycles. The van der Waals surface area contributed by atoms with Crippen molar-refractivity contribution in [3.63, 3.8) is 0 Å². The number of alkyl halides is 3. The molecule has 0 aliphatic carbocycles. The summed E-state index contributed by atoms with van der Waals surface area (Å²) in [6.45, 7) is 0.222. The van der Waals surface area contributed by atoms with Gasteiger partial charge in [-0.15, -0.1) is 0 Å². The third-order valence-corrected chi connectivity index (χ3v) is 7.78. The molecule has 0 saturated heterocycles. The summed E-state index contributed by atoms with van der Waals surface area (Å²) >= 11 is 5.76. The molecule has 202 valence electrons. The number of nitrogens with zero attached hydrogens (tertiary/aromatic N) is 4. The minimum atomic E-state index is -4.86. The quantitative estimate of drug-likeness (QED) is 0.556. The molecule has 0 bridgehead atoms. The topological polar surface area (TPSA) is 114 Å². The van der Waals surface area contributed by atoms with Crippen molar-refractivity contribution in [1.29, 1.82) is 0 Å². The molecule has 37 heavy (non-hydrogen) atoms. The molecule has 1 aromatic carbocycles. The molecule has 3 heterocycles. The van der Waals surface area contributed by atoms with Gasteiger partial charge < -0.3 is 10.2 Å². The van der Waals surface area contributed by atoms with Crippen LogP contribution in [0.4, 0.5) is 28.0 Å². The number of carbonyl (C=O) groups is 2. The number of fused-ring (bicyclic) bond motifs is 3. The Balaban J connectivity index is 1.49. The zero-order chi connectivity index (χ0) is 27.1. The number of hydrogen-bond acceptors (Lipinski definition) is 6. The number of aromatic nitrogens is 2. The van der Waals surface area contributed by atoms with E-state index in [0.29, 0.717) is 17.7 Å². The van der Waals surface area contributed by atoms with E-state index in [4.69, 9.17) is 16.4 Å². The van der Waals surface area contributed by atoms with E-state index in [2.05, 4.69) is 10.4 Å². The Bertz CT molecular complexity index is 1330. The number of hydroxylamine groups is 2. The average molecular weight is 568 g/mol. The van der Waals surface area contributed by atoms with Gasteiger partial charge in [0, 0.05) is 31.3 Å². The summed E-state index contributed by atoms with van der Waals surface area (Å²) in [6.07, 6.45) is -5.75. The van der Waals surface area contributed by atoms with Crippen LogP contribution in [0.2, 0.25) is 5.02 Å². The highest BCUT2D eigenvalue weighted by Gasteiger charge is 2.38. The first-order chi connectivity index (χ1) is 17.2. The Hall–Kier alpha value is -2.91. The highest BCUT2D eigenvalue weighted by molar-refractivity contribution is 7.91. The lowest BCUT2D eigenvalue weighted by atomic mass is 10.1. The standard InChI is InChI=1S/C21H22ClF4N5O5S/c1-29-19(32)18-14-10-30(20(33)27-12-2-3-16(23)15(22)8-12)6-4-17(14)28-31(18)9-13(36-29)5-7-37(34,35)11-21(24,25)26/h2-3,8,13H,4-7,9-11H2,1H3,(H,27,33). The van der Waals surface area contributed by atoms with Gasteiger partial charge in [-0.1, -0.05) is 11.6 Å². The summed E-state index contributed by atoms with van der Waals surface area (Å²) in [7, 11) is -3.12. The van der Waals surface area contributed by atoms with Crippen LogP contribution in [0.25, 0.3) is 0 Å². The van der Waals surface area contributed by atoms with Crippen LogP contribution in [-0.2, 0) is 34.2 Å². The molecule has 3 amide bonds. The molecule has 4 rings (SSSR count). The van der Waals surface area contributed by atoms with Gasteiger partial charge in [-0.25, -0.2) is 22.7 Å². The maximum absolute atomic E-state index is 13.4. The second-order valence-electron chi connectivity index (χ2n) is 8.71. The number of amides is 3. The summed E-state index contributed by atoms with van der Waals surface area (Å²) < 4.78 is 76.0. The van der Waals surface area contributed by atoms with Crippen LogP contribution < -0.4 is 5.32 Å². The smallest absolute Gasteiger partial charge is 0.320 e. The fourth-order valence-electron chi connectivity index (χ4n) is 4.17. The van der Waals surface area contributed by atoms with Crippen LogP contribution in [0.5, 0.6) is 0 Å². The lowest BCUT2D eigenvalue weighted by Gasteiger charge is -2.27. The molecule has 10 nitrogen and oxygen atoms in total. The van der Waals surface area contributed by atoms with Crippen molar-refractivity contribution in [3.8, 4) is 0 Å². The minimum absolute atomic E-state index is 0.0234. The minimum Gasteiger partial charge on any atom is -0.320 e. The van der Waals surface area contributed by atoms with Crippen LogP contribution in [0, 0.1) is 5.82 Å². The summed E-state index contributed by atoms with van der Waals surface area (Å²) in [4.78, 5) is 32.8. The Kier molecular flexibility index (Phi) is 7.41. The van der Waals surface area contributed by atoms with Gasteiger partial charge in [-0.3, -0.25) is 14.3 Å². The highest BCUT2D eigenvalue weighted by Crippen LogP contribution is 2.28. The predicted octanol–water partition coefficient (Wildman–Crippen LogP) is 3.02. The Morgan fingerprint density at radius 2 is 2.05 bits per heavy atom. The molecular formula is C21H22ClF4N5O5S. The zero-order valence-electron chi connectivity index (χ0n) is 19.4. The lowest BCUT2D eigenvalue weighted by molar-refractivity contribution is -0.148. The van der Waals surface area contributed by atoms with E-state index in [-0.39, 0.29) is 42.5 Å². The molecule has 16 heteroatoms. The monoisotopic (exact) mass is 567 g/mol. The first-order valence-electron chi connectivity index (χ1n) is 11.0. The number of urea groups is 1. The molecular weight excluding hydrogens is 546 g/mol. The van der Waals surface area contributed by atoms with Crippen LogP contribution >= 0.6 is 11.6 Å². The van der Waals surface area contributed by atoms with E-state index < -0.39 is 51.4 Å². The SMILES string of the molecule is CN1OC(CCS(=O)(=O)CC(F)(F)F)Cn2nc3c(c2C1=O)CN(C(=O)Nc1ccc(F)c(Cl)c1)CC3. The number of halogens is 5. The maximum atomic E-state index is 13.4. The Morgan fingerprint density at radius 3 is 2.73 bits per heavy atom. The third kappa shape index (κ3) is 6.33. The van der Waals surface area contributed by atoms with Gasteiger partial charge in [-0.05, 0) is 24.6 Å². The first kappa shape index (κ1) is 27.1. The molecule has 1 atom stereocenters. The van der Waals surface area contributed by atoms with Crippen molar-refractivity contribution >= 4 is 39.1 Å². The molecule has 1 unspecified atom stereocenters. The molecule has 1 N–H and O–H groups in total. The number of hydrogen-bond donors (Lipinski definition) is 1. The first-order valence-corrected chi connectivity index (χ1v) is 13.2. The van der Waals surface area contributed by atoms with E-state index in [0.717, 1.165) is 11.1 Å². The fraction of sp³-hybridized carbons (Fsp3) is 0.476. The van der Waals surface area contributed by atoms with Crippen molar-refractivity contribution < 1.29 is 40.4 Å². The Morgan fingerprint density at radius 1 is 1.32 bits per heavy atom. The van der Waals surface area contributed by atoms with E-state index >= 15 is 0 Å². The van der Waals surface area contributed by atoms with E-state index in [9.17, 15) is 35.6 Å². The largest absolute Gasteiger partial charge is 0.402 e. The van der Waals surface area contributed by atoms with Gasteiger partial charge >= 0.3 is 12.2 Å². The highest BCUT2D eigenvalue weighted by atomic mass is 35.5. The molecule has 0 radical (unpaired) electrons. The van der Waals surface area contributed by atoms with Crippen molar-refractivity contribution in [1.82, 2.24) is 19.7 Å². The van der Waals surface area contributed by atoms with Crippen LogP contribution in [0.1, 0.15) is 28.2 Å². The number of anilines is 1.